The van der Waals surface area contributed by atoms with Crippen LogP contribution in [0.4, 0.5) is 0 Å². The second-order valence-electron chi connectivity index (χ2n) is 4.33. The molecule has 0 spiro atoms. The fourth-order valence-electron chi connectivity index (χ4n) is 1.83. The number of nitrogens with zero attached hydrogens (tertiary/aromatic N) is 2. The minimum absolute atomic E-state index is 0.690. The van der Waals surface area contributed by atoms with E-state index in [2.05, 4.69) is 0 Å². The summed E-state index contributed by atoms with van der Waals surface area (Å²) >= 11 is 0. The molecule has 0 unspecified atom stereocenters. The van der Waals surface area contributed by atoms with Crippen molar-refractivity contribution in [1.29, 1.82) is 0 Å². The first-order valence-electron chi connectivity index (χ1n) is 6.20. The molecule has 0 saturated heterocycles. The molecule has 2 rings (SSSR count). The largest absolute Gasteiger partial charge is 0.298 e. The quantitative estimate of drug-likeness (QED) is 0.571. The predicted octanol–water partition coefficient (Wildman–Crippen LogP) is 0.977. The van der Waals surface area contributed by atoms with Crippen LogP contribution < -0.4 is 9.13 Å². The van der Waals surface area contributed by atoms with E-state index in [4.69, 9.17) is 0 Å². The van der Waals surface area contributed by atoms with Gasteiger partial charge in [0, 0.05) is 35.4 Å². The maximum Gasteiger partial charge on any atom is 0.169 e. The standard InChI is InChI=1S/C15H16N2O2/c18-12-14-2-8-16(9-3-14)6-1-7-17-10-4-15(13-19)5-11-17/h2-5,8-13H,1,6-7H2/q+2. The number of hydrogen-bond acceptors (Lipinski definition) is 2. The molecule has 2 aromatic heterocycles. The van der Waals surface area contributed by atoms with E-state index < -0.39 is 0 Å². The monoisotopic (exact) mass is 256 g/mol. The Morgan fingerprint density at radius 3 is 1.42 bits per heavy atom. The van der Waals surface area contributed by atoms with Gasteiger partial charge in [-0.15, -0.1) is 0 Å². The summed E-state index contributed by atoms with van der Waals surface area (Å²) in [6.07, 6.45) is 10.3. The van der Waals surface area contributed by atoms with Crippen molar-refractivity contribution in [3.8, 4) is 0 Å². The highest BCUT2D eigenvalue weighted by Gasteiger charge is 2.04. The van der Waals surface area contributed by atoms with E-state index in [1.807, 2.05) is 33.9 Å². The van der Waals surface area contributed by atoms with Crippen molar-refractivity contribution in [2.24, 2.45) is 0 Å². The molecule has 0 atom stereocenters. The number of aldehydes is 2. The first kappa shape index (κ1) is 13.1. The van der Waals surface area contributed by atoms with Gasteiger partial charge in [0.2, 0.25) is 0 Å². The predicted molar refractivity (Wildman–Crippen MR) is 68.7 cm³/mol. The normalized spacial score (nSPS) is 10.1. The summed E-state index contributed by atoms with van der Waals surface area (Å²) in [6.45, 7) is 1.78. The molecule has 19 heavy (non-hydrogen) atoms. The van der Waals surface area contributed by atoms with Crippen LogP contribution in [0.5, 0.6) is 0 Å². The molecule has 0 aromatic carbocycles. The Kier molecular flexibility index (Phi) is 4.50. The molecular formula is C15H16N2O2+2. The van der Waals surface area contributed by atoms with Gasteiger partial charge in [-0.2, -0.15) is 0 Å². The Morgan fingerprint density at radius 2 is 1.11 bits per heavy atom. The maximum atomic E-state index is 10.5. The SMILES string of the molecule is O=Cc1cc[n+](CCC[n+]2ccc(C=O)cc2)cc1. The van der Waals surface area contributed by atoms with Crippen LogP contribution in [0.15, 0.2) is 49.1 Å². The Morgan fingerprint density at radius 1 is 0.737 bits per heavy atom. The van der Waals surface area contributed by atoms with Gasteiger partial charge in [-0.1, -0.05) is 0 Å². The van der Waals surface area contributed by atoms with E-state index in [1.54, 1.807) is 24.3 Å². The van der Waals surface area contributed by atoms with Crippen molar-refractivity contribution < 1.29 is 18.7 Å². The van der Waals surface area contributed by atoms with Gasteiger partial charge in [-0.3, -0.25) is 9.59 Å². The first-order valence-corrected chi connectivity index (χ1v) is 6.20. The Hall–Kier alpha value is -2.36. The fourth-order valence-corrected chi connectivity index (χ4v) is 1.83. The van der Waals surface area contributed by atoms with Gasteiger partial charge < -0.3 is 0 Å². The summed E-state index contributed by atoms with van der Waals surface area (Å²) in [4.78, 5) is 21.1. The van der Waals surface area contributed by atoms with E-state index in [9.17, 15) is 9.59 Å². The van der Waals surface area contributed by atoms with Crippen LogP contribution in [0, 0.1) is 0 Å². The molecule has 0 N–H and O–H groups in total. The van der Waals surface area contributed by atoms with Crippen LogP contribution in [-0.4, -0.2) is 12.6 Å². The molecule has 2 aromatic rings. The maximum absolute atomic E-state index is 10.5. The highest BCUT2D eigenvalue weighted by atomic mass is 16.1. The number of aryl methyl sites for hydroxylation is 2. The number of carbonyl (C=O) groups excluding carboxylic acids is 2. The number of hydrogen-bond donors (Lipinski definition) is 0. The second-order valence-corrected chi connectivity index (χ2v) is 4.33. The minimum Gasteiger partial charge on any atom is -0.298 e. The van der Waals surface area contributed by atoms with Crippen molar-refractivity contribution in [2.45, 2.75) is 19.5 Å². The third kappa shape index (κ3) is 3.81. The number of carbonyl (C=O) groups is 2. The highest BCUT2D eigenvalue weighted by Crippen LogP contribution is 1.92. The zero-order valence-corrected chi connectivity index (χ0v) is 10.6. The van der Waals surface area contributed by atoms with Crippen LogP contribution >= 0.6 is 0 Å². The molecule has 0 aliphatic heterocycles. The second kappa shape index (κ2) is 6.54. The van der Waals surface area contributed by atoms with Gasteiger partial charge >= 0.3 is 0 Å². The molecular weight excluding hydrogens is 240 g/mol. The highest BCUT2D eigenvalue weighted by molar-refractivity contribution is 5.74. The van der Waals surface area contributed by atoms with Gasteiger partial charge in [-0.25, -0.2) is 9.13 Å². The van der Waals surface area contributed by atoms with Crippen molar-refractivity contribution in [3.63, 3.8) is 0 Å². The zero-order valence-electron chi connectivity index (χ0n) is 10.6. The topological polar surface area (TPSA) is 41.9 Å². The third-order valence-corrected chi connectivity index (χ3v) is 2.94. The van der Waals surface area contributed by atoms with Gasteiger partial charge in [-0.05, 0) is 0 Å². The number of pyridine rings is 2. The third-order valence-electron chi connectivity index (χ3n) is 2.94. The van der Waals surface area contributed by atoms with Crippen molar-refractivity contribution in [3.05, 3.63) is 60.2 Å². The van der Waals surface area contributed by atoms with E-state index in [-0.39, 0.29) is 0 Å². The summed E-state index contributed by atoms with van der Waals surface area (Å²) < 4.78 is 4.10. The van der Waals surface area contributed by atoms with Crippen molar-refractivity contribution in [2.75, 3.05) is 0 Å². The molecule has 2 heterocycles. The molecule has 0 saturated carbocycles. The van der Waals surface area contributed by atoms with Crippen LogP contribution in [0.1, 0.15) is 27.1 Å². The lowest BCUT2D eigenvalue weighted by atomic mass is 10.3. The Balaban J connectivity index is 1.84. The average Bonchev–Trinajstić information content (AvgIpc) is 2.49. The van der Waals surface area contributed by atoms with E-state index >= 15 is 0 Å². The summed E-state index contributed by atoms with van der Waals surface area (Å²) in [7, 11) is 0. The minimum atomic E-state index is 0.690. The van der Waals surface area contributed by atoms with Gasteiger partial charge in [0.05, 0.1) is 6.42 Å². The van der Waals surface area contributed by atoms with Crippen LogP contribution in [0.2, 0.25) is 0 Å². The molecule has 0 bridgehead atoms. The summed E-state index contributed by atoms with van der Waals surface area (Å²) in [5.41, 5.74) is 1.38. The molecule has 4 nitrogen and oxygen atoms in total. The zero-order chi connectivity index (χ0) is 13.5. The van der Waals surface area contributed by atoms with Crippen LogP contribution in [0.25, 0.3) is 0 Å². The van der Waals surface area contributed by atoms with Gasteiger partial charge in [0.25, 0.3) is 0 Å². The molecule has 0 fully saturated rings. The number of aromatic nitrogens is 2. The smallest absolute Gasteiger partial charge is 0.169 e. The number of rotatable bonds is 6. The Labute approximate surface area is 111 Å². The molecule has 0 aliphatic carbocycles. The van der Waals surface area contributed by atoms with E-state index in [0.717, 1.165) is 32.1 Å². The van der Waals surface area contributed by atoms with Gasteiger partial charge in [0.15, 0.2) is 50.4 Å². The van der Waals surface area contributed by atoms with E-state index in [1.165, 1.54) is 0 Å². The van der Waals surface area contributed by atoms with Gasteiger partial charge in [0.1, 0.15) is 0 Å². The van der Waals surface area contributed by atoms with Crippen LogP contribution in [0.3, 0.4) is 0 Å². The molecule has 4 heteroatoms. The van der Waals surface area contributed by atoms with Crippen molar-refractivity contribution in [1.82, 2.24) is 0 Å². The lowest BCUT2D eigenvalue weighted by Gasteiger charge is -1.97. The fraction of sp³-hybridized carbons (Fsp3) is 0.200. The molecule has 0 amide bonds. The summed E-state index contributed by atoms with van der Waals surface area (Å²) in [5.74, 6) is 0. The lowest BCUT2D eigenvalue weighted by Crippen LogP contribution is -2.38. The van der Waals surface area contributed by atoms with Crippen molar-refractivity contribution >= 4 is 12.6 Å². The van der Waals surface area contributed by atoms with E-state index in [0.29, 0.717) is 11.1 Å². The lowest BCUT2D eigenvalue weighted by molar-refractivity contribution is -0.726. The molecule has 96 valence electrons. The molecule has 0 radical (unpaired) electrons. The van der Waals surface area contributed by atoms with Crippen LogP contribution in [-0.2, 0) is 13.1 Å². The first-order chi connectivity index (χ1) is 9.31. The summed E-state index contributed by atoms with van der Waals surface area (Å²) in [5, 5.41) is 0. The Bertz CT molecular complexity index is 496. The molecule has 0 aliphatic rings. The average molecular weight is 256 g/mol. The summed E-state index contributed by atoms with van der Waals surface area (Å²) in [6, 6.07) is 7.22.